The van der Waals surface area contributed by atoms with Gasteiger partial charge in [-0.1, -0.05) is 31.2 Å². The molecule has 0 aliphatic rings. The summed E-state index contributed by atoms with van der Waals surface area (Å²) >= 11 is 1.42. The first-order chi connectivity index (χ1) is 12.2. The van der Waals surface area contributed by atoms with Gasteiger partial charge in [0.2, 0.25) is 0 Å². The van der Waals surface area contributed by atoms with E-state index in [0.29, 0.717) is 16.3 Å². The van der Waals surface area contributed by atoms with Crippen molar-refractivity contribution in [2.75, 3.05) is 5.32 Å². The van der Waals surface area contributed by atoms with Crippen LogP contribution in [0, 0.1) is 17.1 Å². The van der Waals surface area contributed by atoms with Crippen LogP contribution >= 0.6 is 11.3 Å². The van der Waals surface area contributed by atoms with E-state index in [9.17, 15) is 9.65 Å². The number of aryl methyl sites for hydroxylation is 1. The van der Waals surface area contributed by atoms with Crippen molar-refractivity contribution < 1.29 is 4.39 Å². The maximum atomic E-state index is 12.9. The van der Waals surface area contributed by atoms with E-state index in [4.69, 9.17) is 0 Å². The van der Waals surface area contributed by atoms with Gasteiger partial charge in [-0.05, 0) is 36.2 Å². The molecule has 0 radical (unpaired) electrons. The van der Waals surface area contributed by atoms with Crippen LogP contribution in [0.15, 0.2) is 60.1 Å². The van der Waals surface area contributed by atoms with Gasteiger partial charge in [-0.3, -0.25) is 0 Å². The molecule has 0 atom stereocenters. The van der Waals surface area contributed by atoms with Crippen molar-refractivity contribution in [2.24, 2.45) is 0 Å². The first-order valence-corrected chi connectivity index (χ1v) is 8.75. The Bertz CT molecular complexity index is 919. The molecule has 124 valence electrons. The molecule has 1 heterocycles. The summed E-state index contributed by atoms with van der Waals surface area (Å²) in [5.41, 5.74) is 4.31. The summed E-state index contributed by atoms with van der Waals surface area (Å²) in [6.45, 7) is 2.12. The Morgan fingerprint density at radius 3 is 2.56 bits per heavy atom. The molecule has 3 rings (SSSR count). The minimum absolute atomic E-state index is 0.298. The second kappa shape index (κ2) is 7.73. The quantitative estimate of drug-likeness (QED) is 0.620. The van der Waals surface area contributed by atoms with E-state index in [-0.39, 0.29) is 5.82 Å². The van der Waals surface area contributed by atoms with Crippen molar-refractivity contribution in [1.82, 2.24) is 4.98 Å². The number of anilines is 1. The van der Waals surface area contributed by atoms with Gasteiger partial charge in [-0.25, -0.2) is 9.37 Å². The highest BCUT2D eigenvalue weighted by atomic mass is 32.1. The molecule has 0 aliphatic carbocycles. The minimum atomic E-state index is -0.298. The molecule has 0 unspecified atom stereocenters. The number of nitrogens with one attached hydrogen (secondary N) is 1. The van der Waals surface area contributed by atoms with Gasteiger partial charge in [0.25, 0.3) is 0 Å². The lowest BCUT2D eigenvalue weighted by Gasteiger charge is -2.01. The van der Waals surface area contributed by atoms with Crippen LogP contribution in [-0.4, -0.2) is 4.98 Å². The van der Waals surface area contributed by atoms with E-state index in [1.807, 2.05) is 17.5 Å². The average molecular weight is 349 g/mol. The summed E-state index contributed by atoms with van der Waals surface area (Å²) in [4.78, 5) is 4.56. The number of allylic oxidation sites excluding steroid dienone is 1. The Labute approximate surface area is 150 Å². The van der Waals surface area contributed by atoms with E-state index in [0.717, 1.165) is 17.7 Å². The molecular weight excluding hydrogens is 333 g/mol. The zero-order valence-electron chi connectivity index (χ0n) is 13.7. The summed E-state index contributed by atoms with van der Waals surface area (Å²) in [7, 11) is 0. The third-order valence-electron chi connectivity index (χ3n) is 3.74. The average Bonchev–Trinajstić information content (AvgIpc) is 3.14. The summed E-state index contributed by atoms with van der Waals surface area (Å²) in [6, 6.07) is 16.4. The fourth-order valence-corrected chi connectivity index (χ4v) is 3.08. The van der Waals surface area contributed by atoms with E-state index in [1.165, 1.54) is 29.0 Å². The summed E-state index contributed by atoms with van der Waals surface area (Å²) < 4.78 is 12.9. The summed E-state index contributed by atoms with van der Waals surface area (Å²) in [5.74, 6) is -0.298. The van der Waals surface area contributed by atoms with Crippen LogP contribution in [0.5, 0.6) is 0 Å². The Morgan fingerprint density at radius 2 is 1.92 bits per heavy atom. The van der Waals surface area contributed by atoms with E-state index in [2.05, 4.69) is 35.4 Å². The highest BCUT2D eigenvalue weighted by molar-refractivity contribution is 7.11. The minimum Gasteiger partial charge on any atom is -0.360 e. The van der Waals surface area contributed by atoms with Crippen molar-refractivity contribution in [3.05, 3.63) is 76.5 Å². The van der Waals surface area contributed by atoms with E-state index >= 15 is 0 Å². The van der Waals surface area contributed by atoms with Gasteiger partial charge >= 0.3 is 0 Å². The second-order valence-electron chi connectivity index (χ2n) is 5.41. The molecule has 0 aliphatic heterocycles. The topological polar surface area (TPSA) is 48.7 Å². The molecule has 0 amide bonds. The van der Waals surface area contributed by atoms with Crippen LogP contribution < -0.4 is 5.32 Å². The molecule has 3 nitrogen and oxygen atoms in total. The lowest BCUT2D eigenvalue weighted by molar-refractivity contribution is 0.628. The molecular formula is C20H16FN3S. The maximum Gasteiger partial charge on any atom is 0.136 e. The lowest BCUT2D eigenvalue weighted by Crippen LogP contribution is -1.91. The molecule has 0 bridgehead atoms. The Balaban J connectivity index is 1.79. The number of hydrogen-bond donors (Lipinski definition) is 1. The number of benzene rings is 2. The largest absolute Gasteiger partial charge is 0.360 e. The number of thiazole rings is 1. The number of rotatable bonds is 5. The van der Waals surface area contributed by atoms with E-state index in [1.54, 1.807) is 18.3 Å². The number of halogens is 1. The normalized spacial score (nSPS) is 11.2. The molecule has 25 heavy (non-hydrogen) atoms. The monoisotopic (exact) mass is 349 g/mol. The smallest absolute Gasteiger partial charge is 0.136 e. The van der Waals surface area contributed by atoms with Crippen LogP contribution in [0.25, 0.3) is 16.8 Å². The Hall–Kier alpha value is -2.97. The van der Waals surface area contributed by atoms with Crippen molar-refractivity contribution in [3.63, 3.8) is 0 Å². The molecule has 2 aromatic carbocycles. The summed E-state index contributed by atoms with van der Waals surface area (Å²) in [6.07, 6.45) is 2.59. The zero-order valence-corrected chi connectivity index (χ0v) is 14.5. The molecule has 0 spiro atoms. The molecule has 5 heteroatoms. The van der Waals surface area contributed by atoms with Gasteiger partial charge in [-0.2, -0.15) is 5.26 Å². The fraction of sp³-hybridized carbons (Fsp3) is 0.100. The lowest BCUT2D eigenvalue weighted by atomic mass is 10.1. The van der Waals surface area contributed by atoms with Crippen molar-refractivity contribution in [1.29, 1.82) is 5.26 Å². The van der Waals surface area contributed by atoms with Gasteiger partial charge in [0.15, 0.2) is 0 Å². The number of nitrogens with zero attached hydrogens (tertiary/aromatic N) is 2. The highest BCUT2D eigenvalue weighted by Crippen LogP contribution is 2.26. The second-order valence-corrected chi connectivity index (χ2v) is 6.27. The van der Waals surface area contributed by atoms with Crippen LogP contribution in [0.4, 0.5) is 10.1 Å². The number of hydrogen-bond acceptors (Lipinski definition) is 4. The zero-order chi connectivity index (χ0) is 17.6. The van der Waals surface area contributed by atoms with Gasteiger partial charge < -0.3 is 5.32 Å². The van der Waals surface area contributed by atoms with Gasteiger partial charge in [0, 0.05) is 22.8 Å². The third kappa shape index (κ3) is 4.11. The van der Waals surface area contributed by atoms with Crippen LogP contribution in [0.3, 0.4) is 0 Å². The molecule has 0 fully saturated rings. The van der Waals surface area contributed by atoms with Gasteiger partial charge in [0.05, 0.1) is 5.69 Å². The van der Waals surface area contributed by atoms with Crippen molar-refractivity contribution in [2.45, 2.75) is 13.3 Å². The molecule has 1 aromatic heterocycles. The molecule has 1 N–H and O–H groups in total. The van der Waals surface area contributed by atoms with E-state index < -0.39 is 0 Å². The van der Waals surface area contributed by atoms with Crippen LogP contribution in [0.1, 0.15) is 17.5 Å². The first-order valence-electron chi connectivity index (χ1n) is 7.87. The molecule has 3 aromatic rings. The van der Waals surface area contributed by atoms with Crippen molar-refractivity contribution in [3.8, 4) is 17.3 Å². The predicted octanol–water partition coefficient (Wildman–Crippen LogP) is 5.49. The first kappa shape index (κ1) is 16.9. The Morgan fingerprint density at radius 1 is 1.20 bits per heavy atom. The highest BCUT2D eigenvalue weighted by Gasteiger charge is 2.09. The standard InChI is InChI=1S/C20H16FN3S/c1-2-14-3-5-15(6-4-14)19-13-25-20(24-19)16(11-22)12-23-18-9-7-17(21)8-10-18/h3-10,12-13,23H,2H2,1H3. The maximum absolute atomic E-state index is 12.9. The molecule has 0 saturated heterocycles. The fourth-order valence-electron chi connectivity index (χ4n) is 2.28. The number of aromatic nitrogens is 1. The molecule has 0 saturated carbocycles. The van der Waals surface area contributed by atoms with Gasteiger partial charge in [0.1, 0.15) is 22.5 Å². The SMILES string of the molecule is CCc1ccc(-c2csc(C(C#N)=CNc3ccc(F)cc3)n2)cc1. The third-order valence-corrected chi connectivity index (χ3v) is 4.62. The van der Waals surface area contributed by atoms with Crippen LogP contribution in [0.2, 0.25) is 0 Å². The number of nitriles is 1. The Kier molecular flexibility index (Phi) is 5.22. The van der Waals surface area contributed by atoms with Gasteiger partial charge in [-0.15, -0.1) is 11.3 Å². The van der Waals surface area contributed by atoms with Crippen LogP contribution in [-0.2, 0) is 6.42 Å². The summed E-state index contributed by atoms with van der Waals surface area (Å²) in [5, 5.41) is 15.0. The van der Waals surface area contributed by atoms with Crippen molar-refractivity contribution >= 4 is 22.6 Å². The predicted molar refractivity (Wildman–Crippen MR) is 101 cm³/mol.